The van der Waals surface area contributed by atoms with Crippen LogP contribution in [-0.2, 0) is 41.2 Å². The van der Waals surface area contributed by atoms with E-state index in [9.17, 15) is 19.8 Å². The van der Waals surface area contributed by atoms with Gasteiger partial charge in [-0.25, -0.2) is 9.78 Å². The third-order valence-electron chi connectivity index (χ3n) is 8.24. The number of aromatic hydroxyl groups is 1. The Labute approximate surface area is 209 Å². The van der Waals surface area contributed by atoms with E-state index >= 15 is 0 Å². The van der Waals surface area contributed by atoms with Gasteiger partial charge in [-0.1, -0.05) is 20.3 Å². The normalized spacial score (nSPS) is 21.2. The highest BCUT2D eigenvalue weighted by molar-refractivity contribution is 5.92. The maximum atomic E-state index is 13.5. The van der Waals surface area contributed by atoms with Crippen LogP contribution in [0.4, 0.5) is 0 Å². The number of aliphatic hydroxyl groups is 1. The van der Waals surface area contributed by atoms with Crippen molar-refractivity contribution in [1.82, 2.24) is 14.5 Å². The molecule has 8 nitrogen and oxygen atoms in total. The van der Waals surface area contributed by atoms with Crippen molar-refractivity contribution in [2.75, 3.05) is 13.1 Å². The van der Waals surface area contributed by atoms with Gasteiger partial charge in [-0.2, -0.15) is 0 Å². The Kier molecular flexibility index (Phi) is 5.42. The number of piperidine rings is 1. The largest absolute Gasteiger partial charge is 0.508 e. The van der Waals surface area contributed by atoms with Gasteiger partial charge >= 0.3 is 5.97 Å². The second-order valence-electron chi connectivity index (χ2n) is 10.2. The molecule has 1 fully saturated rings. The Morgan fingerprint density at radius 2 is 1.86 bits per heavy atom. The average molecular weight is 490 g/mol. The number of hydrogen-bond donors (Lipinski definition) is 2. The molecule has 0 bridgehead atoms. The molecule has 8 heteroatoms. The lowest BCUT2D eigenvalue weighted by Gasteiger charge is -2.31. The lowest BCUT2D eigenvalue weighted by molar-refractivity contribution is -0.172. The zero-order valence-corrected chi connectivity index (χ0v) is 20.8. The first-order valence-corrected chi connectivity index (χ1v) is 12.9. The number of esters is 1. The number of carbonyl (C=O) groups is 1. The number of nitrogens with zero attached hydrogens (tertiary/aromatic N) is 3. The van der Waals surface area contributed by atoms with Gasteiger partial charge in [0.15, 0.2) is 5.60 Å². The standard InChI is InChI=1S/C28H31N3O5/c1-3-16-17-14-31-22(12-20-19(26(31)33)15-36-27(34)28(20,35)4-2)25(17)29-21-8-9-23(32)18(24(16)21)13-30-10-6-5-7-11-30/h8-9,12,32,35H,3-7,10-11,13-15H2,1-2H3/t28-/m0/s1. The van der Waals surface area contributed by atoms with Crippen LogP contribution in [0.25, 0.3) is 22.3 Å². The second kappa shape index (κ2) is 8.42. The zero-order chi connectivity index (χ0) is 25.2. The molecule has 2 aromatic heterocycles. The number of fused-ring (bicyclic) bond motifs is 5. The summed E-state index contributed by atoms with van der Waals surface area (Å²) in [7, 11) is 0. The van der Waals surface area contributed by atoms with Crippen molar-refractivity contribution < 1.29 is 19.7 Å². The molecule has 0 aliphatic carbocycles. The zero-order valence-electron chi connectivity index (χ0n) is 20.8. The molecule has 0 amide bonds. The number of likely N-dealkylation sites (tertiary alicyclic amines) is 1. The van der Waals surface area contributed by atoms with E-state index in [4.69, 9.17) is 9.72 Å². The van der Waals surface area contributed by atoms with E-state index in [0.29, 0.717) is 35.6 Å². The van der Waals surface area contributed by atoms with Gasteiger partial charge in [0.2, 0.25) is 0 Å². The number of phenols is 1. The fourth-order valence-corrected chi connectivity index (χ4v) is 6.22. The summed E-state index contributed by atoms with van der Waals surface area (Å²) in [6.07, 6.45) is 4.41. The first-order chi connectivity index (χ1) is 17.4. The third-order valence-corrected chi connectivity index (χ3v) is 8.24. The van der Waals surface area contributed by atoms with Crippen molar-refractivity contribution in [2.24, 2.45) is 0 Å². The van der Waals surface area contributed by atoms with E-state index in [-0.39, 0.29) is 24.3 Å². The topological polar surface area (TPSA) is 105 Å². The number of rotatable bonds is 4. The van der Waals surface area contributed by atoms with Crippen LogP contribution in [0, 0.1) is 0 Å². The van der Waals surface area contributed by atoms with Crippen molar-refractivity contribution in [2.45, 2.75) is 71.2 Å². The molecule has 2 N–H and O–H groups in total. The monoisotopic (exact) mass is 489 g/mol. The smallest absolute Gasteiger partial charge is 0.343 e. The quantitative estimate of drug-likeness (QED) is 0.424. The van der Waals surface area contributed by atoms with E-state index in [1.54, 1.807) is 23.6 Å². The second-order valence-corrected chi connectivity index (χ2v) is 10.2. The molecule has 1 saturated heterocycles. The number of aryl methyl sites for hydroxylation is 1. The first kappa shape index (κ1) is 23.2. The van der Waals surface area contributed by atoms with Crippen LogP contribution in [0.15, 0.2) is 23.0 Å². The fraction of sp³-hybridized carbons (Fsp3) is 0.464. The van der Waals surface area contributed by atoms with Gasteiger partial charge in [-0.3, -0.25) is 9.69 Å². The van der Waals surface area contributed by atoms with Gasteiger partial charge in [0.25, 0.3) is 5.56 Å². The Morgan fingerprint density at radius 3 is 2.58 bits per heavy atom. The van der Waals surface area contributed by atoms with Gasteiger partial charge in [0.05, 0.1) is 29.0 Å². The third kappa shape index (κ3) is 3.24. The van der Waals surface area contributed by atoms with Gasteiger partial charge in [0, 0.05) is 28.6 Å². The van der Waals surface area contributed by atoms with E-state index < -0.39 is 11.6 Å². The summed E-state index contributed by atoms with van der Waals surface area (Å²) in [6.45, 7) is 6.71. The van der Waals surface area contributed by atoms with Gasteiger partial charge < -0.3 is 19.5 Å². The minimum absolute atomic E-state index is 0.110. The predicted octanol–water partition coefficient (Wildman–Crippen LogP) is 3.33. The molecule has 0 radical (unpaired) electrons. The summed E-state index contributed by atoms with van der Waals surface area (Å²) < 4.78 is 6.86. The highest BCUT2D eigenvalue weighted by Gasteiger charge is 2.45. The molecule has 5 heterocycles. The maximum Gasteiger partial charge on any atom is 0.343 e. The molecule has 3 aliphatic rings. The van der Waals surface area contributed by atoms with Gasteiger partial charge in [-0.05, 0) is 62.5 Å². The molecule has 6 rings (SSSR count). The summed E-state index contributed by atoms with van der Waals surface area (Å²) in [6, 6.07) is 5.30. The van der Waals surface area contributed by atoms with Crippen LogP contribution in [0.5, 0.6) is 5.75 Å². The molecular weight excluding hydrogens is 458 g/mol. The number of aromatic nitrogens is 2. The number of ether oxygens (including phenoxy) is 1. The molecule has 1 atom stereocenters. The molecule has 3 aliphatic heterocycles. The van der Waals surface area contributed by atoms with Gasteiger partial charge in [0.1, 0.15) is 12.4 Å². The number of benzene rings is 1. The molecule has 0 saturated carbocycles. The van der Waals surface area contributed by atoms with Crippen molar-refractivity contribution in [1.29, 1.82) is 0 Å². The molecule has 3 aromatic rings. The lowest BCUT2D eigenvalue weighted by Crippen LogP contribution is -2.44. The van der Waals surface area contributed by atoms with Crippen LogP contribution in [0.1, 0.15) is 67.3 Å². The van der Waals surface area contributed by atoms with E-state index in [0.717, 1.165) is 47.1 Å². The molecule has 36 heavy (non-hydrogen) atoms. The Hall–Kier alpha value is -3.23. The summed E-state index contributed by atoms with van der Waals surface area (Å²) in [5.41, 5.74) is 3.56. The summed E-state index contributed by atoms with van der Waals surface area (Å²) in [4.78, 5) is 33.4. The fourth-order valence-electron chi connectivity index (χ4n) is 6.22. The summed E-state index contributed by atoms with van der Waals surface area (Å²) in [5.74, 6) is -0.449. The van der Waals surface area contributed by atoms with E-state index in [2.05, 4.69) is 11.8 Å². The molecule has 0 unspecified atom stereocenters. The molecular formula is C28H31N3O5. The number of carbonyl (C=O) groups excluding carboxylic acids is 1. The Bertz CT molecular complexity index is 1470. The number of pyridine rings is 2. The van der Waals surface area contributed by atoms with Crippen molar-refractivity contribution >= 4 is 16.9 Å². The van der Waals surface area contributed by atoms with Crippen molar-refractivity contribution in [3.63, 3.8) is 0 Å². The highest BCUT2D eigenvalue weighted by atomic mass is 16.6. The van der Waals surface area contributed by atoms with Crippen molar-refractivity contribution in [3.8, 4) is 17.1 Å². The summed E-state index contributed by atoms with van der Waals surface area (Å²) in [5, 5.41) is 23.0. The minimum atomic E-state index is -1.84. The van der Waals surface area contributed by atoms with Crippen LogP contribution in [0.2, 0.25) is 0 Å². The van der Waals surface area contributed by atoms with Gasteiger partial charge in [-0.15, -0.1) is 0 Å². The average Bonchev–Trinajstić information content (AvgIpc) is 3.26. The predicted molar refractivity (Wildman–Crippen MR) is 135 cm³/mol. The molecule has 0 spiro atoms. The Morgan fingerprint density at radius 1 is 1.08 bits per heavy atom. The highest BCUT2D eigenvalue weighted by Crippen LogP contribution is 2.42. The minimum Gasteiger partial charge on any atom is -0.508 e. The maximum absolute atomic E-state index is 13.5. The molecule has 1 aromatic carbocycles. The van der Waals surface area contributed by atoms with Crippen LogP contribution in [0.3, 0.4) is 0 Å². The SMILES string of the molecule is CCc1c2c(nc3ccc(O)c(CN4CCCCC4)c13)-c1cc3c(c(=O)n1C2)COC(=O)[C@]3(O)CC. The van der Waals surface area contributed by atoms with Crippen LogP contribution in [-0.4, -0.2) is 43.7 Å². The summed E-state index contributed by atoms with van der Waals surface area (Å²) >= 11 is 0. The van der Waals surface area contributed by atoms with Crippen molar-refractivity contribution in [3.05, 3.63) is 56.4 Å². The van der Waals surface area contributed by atoms with Crippen LogP contribution < -0.4 is 5.56 Å². The Balaban J connectivity index is 1.56. The molecule has 188 valence electrons. The van der Waals surface area contributed by atoms with E-state index in [1.807, 2.05) is 6.07 Å². The number of hydrogen-bond acceptors (Lipinski definition) is 7. The van der Waals surface area contributed by atoms with Crippen LogP contribution >= 0.6 is 0 Å². The lowest BCUT2D eigenvalue weighted by atomic mass is 9.86. The van der Waals surface area contributed by atoms with E-state index in [1.165, 1.54) is 19.3 Å². The number of phenolic OH excluding ortho intramolecular Hbond substituents is 1. The number of cyclic esters (lactones) is 1. The first-order valence-electron chi connectivity index (χ1n) is 12.9.